The summed E-state index contributed by atoms with van der Waals surface area (Å²) in [4.78, 5) is 24.4. The lowest BCUT2D eigenvalue weighted by Gasteiger charge is -2.29. The minimum atomic E-state index is -0.391. The van der Waals surface area contributed by atoms with Crippen LogP contribution in [-0.4, -0.2) is 19.0 Å². The molecule has 4 heteroatoms. The Balaban J connectivity index is 1.14. The molecule has 0 unspecified atom stereocenters. The van der Waals surface area contributed by atoms with Crippen LogP contribution in [0.15, 0.2) is 97.1 Å². The first-order chi connectivity index (χ1) is 20.5. The van der Waals surface area contributed by atoms with Crippen molar-refractivity contribution in [2.45, 2.75) is 64.2 Å². The number of rotatable bonds is 10. The average Bonchev–Trinajstić information content (AvgIpc) is 3.05. The molecule has 4 nitrogen and oxygen atoms in total. The van der Waals surface area contributed by atoms with Crippen LogP contribution in [0.25, 0.3) is 22.3 Å². The maximum absolute atomic E-state index is 12.8. The molecule has 216 valence electrons. The van der Waals surface area contributed by atoms with E-state index in [1.165, 1.54) is 64.0 Å². The van der Waals surface area contributed by atoms with Gasteiger partial charge < -0.3 is 9.47 Å². The van der Waals surface area contributed by atoms with Gasteiger partial charge in [-0.25, -0.2) is 9.59 Å². The fourth-order valence-electron chi connectivity index (χ4n) is 6.01. The quantitative estimate of drug-likeness (QED) is 0.110. The standard InChI is InChI=1S/C38H40O4/c1-3-4-5-6-27-7-9-28(10-8-27)29-11-13-30(14-12-29)31-17-21-35(22-18-31)38(40)42-36-25-23-33(24-26-36)32-15-19-34(20-16-32)37(39)41-2/h11-28H,3-10H2,1-2H3. The molecule has 0 N–H and O–H groups in total. The van der Waals surface area contributed by atoms with Gasteiger partial charge in [0, 0.05) is 0 Å². The number of methoxy groups -OCH3 is 1. The second-order valence-electron chi connectivity index (χ2n) is 11.4. The van der Waals surface area contributed by atoms with E-state index in [0.29, 0.717) is 22.8 Å². The van der Waals surface area contributed by atoms with E-state index in [4.69, 9.17) is 9.47 Å². The van der Waals surface area contributed by atoms with Crippen molar-refractivity contribution in [3.8, 4) is 28.0 Å². The van der Waals surface area contributed by atoms with E-state index in [0.717, 1.165) is 28.2 Å². The molecule has 0 spiro atoms. The van der Waals surface area contributed by atoms with E-state index in [-0.39, 0.29) is 5.97 Å². The zero-order chi connectivity index (χ0) is 29.3. The van der Waals surface area contributed by atoms with Crippen molar-refractivity contribution in [1.82, 2.24) is 0 Å². The minimum absolute atomic E-state index is 0.365. The fourth-order valence-corrected chi connectivity index (χ4v) is 6.01. The molecular formula is C38H40O4. The summed E-state index contributed by atoms with van der Waals surface area (Å²) in [7, 11) is 1.36. The number of benzene rings is 4. The van der Waals surface area contributed by atoms with Crippen molar-refractivity contribution in [2.75, 3.05) is 7.11 Å². The zero-order valence-electron chi connectivity index (χ0n) is 24.7. The van der Waals surface area contributed by atoms with Crippen molar-refractivity contribution >= 4 is 11.9 Å². The smallest absolute Gasteiger partial charge is 0.343 e. The van der Waals surface area contributed by atoms with Gasteiger partial charge in [-0.05, 0) is 102 Å². The maximum atomic E-state index is 12.8. The highest BCUT2D eigenvalue weighted by Gasteiger charge is 2.22. The third-order valence-electron chi connectivity index (χ3n) is 8.60. The Kier molecular flexibility index (Phi) is 9.86. The first-order valence-electron chi connectivity index (χ1n) is 15.3. The van der Waals surface area contributed by atoms with Crippen LogP contribution < -0.4 is 4.74 Å². The van der Waals surface area contributed by atoms with Gasteiger partial charge in [0.25, 0.3) is 0 Å². The van der Waals surface area contributed by atoms with Gasteiger partial charge in [0.1, 0.15) is 5.75 Å². The van der Waals surface area contributed by atoms with E-state index in [1.807, 2.05) is 48.5 Å². The predicted octanol–water partition coefficient (Wildman–Crippen LogP) is 9.88. The lowest BCUT2D eigenvalue weighted by atomic mass is 9.77. The fraction of sp³-hybridized carbons (Fsp3) is 0.316. The number of hydrogen-bond acceptors (Lipinski definition) is 4. The summed E-state index contributed by atoms with van der Waals surface area (Å²) in [5.74, 6) is 1.33. The number of ether oxygens (including phenoxy) is 2. The summed E-state index contributed by atoms with van der Waals surface area (Å²) in [6, 6.07) is 31.1. The topological polar surface area (TPSA) is 52.6 Å². The van der Waals surface area contributed by atoms with Crippen LogP contribution in [0.1, 0.15) is 90.5 Å². The van der Waals surface area contributed by atoms with Crippen LogP contribution in [0.2, 0.25) is 0 Å². The number of unbranched alkanes of at least 4 members (excludes halogenated alkanes) is 2. The van der Waals surface area contributed by atoms with Crippen LogP contribution in [-0.2, 0) is 4.74 Å². The Morgan fingerprint density at radius 3 is 1.60 bits per heavy atom. The van der Waals surface area contributed by atoms with Crippen molar-refractivity contribution in [2.24, 2.45) is 5.92 Å². The van der Waals surface area contributed by atoms with Crippen LogP contribution in [0, 0.1) is 5.92 Å². The Morgan fingerprint density at radius 2 is 1.10 bits per heavy atom. The Bertz CT molecular complexity index is 1440. The number of carbonyl (C=O) groups excluding carboxylic acids is 2. The van der Waals surface area contributed by atoms with Gasteiger partial charge in [-0.3, -0.25) is 0 Å². The van der Waals surface area contributed by atoms with Gasteiger partial charge in [0.2, 0.25) is 0 Å². The lowest BCUT2D eigenvalue weighted by Crippen LogP contribution is -2.13. The van der Waals surface area contributed by atoms with Crippen molar-refractivity contribution in [1.29, 1.82) is 0 Å². The molecule has 0 saturated heterocycles. The molecule has 0 aliphatic heterocycles. The number of esters is 2. The number of hydrogen-bond donors (Lipinski definition) is 0. The van der Waals surface area contributed by atoms with Crippen LogP contribution >= 0.6 is 0 Å². The van der Waals surface area contributed by atoms with Gasteiger partial charge in [-0.1, -0.05) is 93.3 Å². The van der Waals surface area contributed by atoms with Crippen LogP contribution in [0.4, 0.5) is 0 Å². The minimum Gasteiger partial charge on any atom is -0.465 e. The van der Waals surface area contributed by atoms with Crippen molar-refractivity contribution < 1.29 is 19.1 Å². The zero-order valence-corrected chi connectivity index (χ0v) is 24.7. The van der Waals surface area contributed by atoms with Crippen LogP contribution in [0.3, 0.4) is 0 Å². The summed E-state index contributed by atoms with van der Waals surface area (Å²) in [5.41, 5.74) is 6.61. The molecule has 0 heterocycles. The SMILES string of the molecule is CCCCCC1CCC(c2ccc(-c3ccc(C(=O)Oc4ccc(-c5ccc(C(=O)OC)cc5)cc4)cc3)cc2)CC1. The van der Waals surface area contributed by atoms with Gasteiger partial charge in [-0.2, -0.15) is 0 Å². The Hall–Kier alpha value is -4.18. The lowest BCUT2D eigenvalue weighted by molar-refractivity contribution is 0.0600. The van der Waals surface area contributed by atoms with Gasteiger partial charge in [0.15, 0.2) is 0 Å². The van der Waals surface area contributed by atoms with Crippen molar-refractivity contribution in [3.05, 3.63) is 114 Å². The van der Waals surface area contributed by atoms with E-state index in [9.17, 15) is 9.59 Å². The molecule has 0 bridgehead atoms. The first kappa shape index (κ1) is 29.3. The van der Waals surface area contributed by atoms with Crippen LogP contribution in [0.5, 0.6) is 5.75 Å². The summed E-state index contributed by atoms with van der Waals surface area (Å²) in [6.07, 6.45) is 10.8. The highest BCUT2D eigenvalue weighted by Crippen LogP contribution is 2.38. The largest absolute Gasteiger partial charge is 0.465 e. The average molecular weight is 561 g/mol. The van der Waals surface area contributed by atoms with Gasteiger partial charge in [-0.15, -0.1) is 0 Å². The van der Waals surface area contributed by atoms with E-state index in [1.54, 1.807) is 24.3 Å². The second kappa shape index (κ2) is 14.1. The summed E-state index contributed by atoms with van der Waals surface area (Å²) < 4.78 is 10.4. The molecular weight excluding hydrogens is 520 g/mol. The normalized spacial score (nSPS) is 16.5. The van der Waals surface area contributed by atoms with E-state index >= 15 is 0 Å². The Labute approximate surface area is 249 Å². The van der Waals surface area contributed by atoms with Crippen molar-refractivity contribution in [3.63, 3.8) is 0 Å². The predicted molar refractivity (Wildman–Crippen MR) is 169 cm³/mol. The molecule has 0 amide bonds. The maximum Gasteiger partial charge on any atom is 0.343 e. The summed E-state index contributed by atoms with van der Waals surface area (Å²) in [6.45, 7) is 2.28. The van der Waals surface area contributed by atoms with Gasteiger partial charge in [0.05, 0.1) is 18.2 Å². The molecule has 1 fully saturated rings. The van der Waals surface area contributed by atoms with E-state index in [2.05, 4.69) is 31.2 Å². The molecule has 0 atom stereocenters. The molecule has 1 saturated carbocycles. The molecule has 4 aromatic carbocycles. The molecule has 4 aromatic rings. The van der Waals surface area contributed by atoms with Gasteiger partial charge >= 0.3 is 11.9 Å². The van der Waals surface area contributed by atoms with E-state index < -0.39 is 5.97 Å². The second-order valence-corrected chi connectivity index (χ2v) is 11.4. The molecule has 42 heavy (non-hydrogen) atoms. The molecule has 5 rings (SSSR count). The summed E-state index contributed by atoms with van der Waals surface area (Å²) in [5, 5.41) is 0. The molecule has 1 aliphatic carbocycles. The highest BCUT2D eigenvalue weighted by atomic mass is 16.5. The Morgan fingerprint density at radius 1 is 0.619 bits per heavy atom. The molecule has 0 aromatic heterocycles. The first-order valence-corrected chi connectivity index (χ1v) is 15.3. The third-order valence-corrected chi connectivity index (χ3v) is 8.60. The highest BCUT2D eigenvalue weighted by molar-refractivity contribution is 5.92. The monoisotopic (exact) mass is 560 g/mol. The molecule has 1 aliphatic rings. The number of carbonyl (C=O) groups is 2. The molecule has 0 radical (unpaired) electrons. The summed E-state index contributed by atoms with van der Waals surface area (Å²) >= 11 is 0. The third kappa shape index (κ3) is 7.36.